The number of benzene rings is 1. The Labute approximate surface area is 111 Å². The van der Waals surface area contributed by atoms with Crippen LogP contribution in [0.3, 0.4) is 0 Å². The quantitative estimate of drug-likeness (QED) is 0.888. The predicted octanol–water partition coefficient (Wildman–Crippen LogP) is 3.04. The van der Waals surface area contributed by atoms with E-state index in [0.29, 0.717) is 5.41 Å². The topological polar surface area (TPSA) is 29.3 Å². The molecule has 0 saturated carbocycles. The maximum Gasteiger partial charge on any atom is 0.0426 e. The molecule has 0 aromatic heterocycles. The molecule has 0 aliphatic carbocycles. The lowest BCUT2D eigenvalue weighted by Crippen LogP contribution is -2.32. The van der Waals surface area contributed by atoms with Crippen LogP contribution in [0.5, 0.6) is 0 Å². The zero-order chi connectivity index (χ0) is 13.3. The first kappa shape index (κ1) is 13.6. The maximum absolute atomic E-state index is 6.37. The normalized spacial score (nSPS) is 21.2. The molecule has 2 rings (SSSR count). The molecule has 0 spiro atoms. The Morgan fingerprint density at radius 3 is 2.61 bits per heavy atom. The molecule has 18 heavy (non-hydrogen) atoms. The number of hydrogen-bond donors (Lipinski definition) is 1. The van der Waals surface area contributed by atoms with Crippen molar-refractivity contribution in [3.8, 4) is 0 Å². The van der Waals surface area contributed by atoms with E-state index in [1.54, 1.807) is 0 Å². The summed E-state index contributed by atoms with van der Waals surface area (Å²) in [5.74, 6) is 0. The molecule has 0 amide bonds. The summed E-state index contributed by atoms with van der Waals surface area (Å²) in [7, 11) is 0. The van der Waals surface area contributed by atoms with E-state index < -0.39 is 0 Å². The van der Waals surface area contributed by atoms with Crippen LogP contribution < -0.4 is 5.73 Å². The van der Waals surface area contributed by atoms with Crippen molar-refractivity contribution < 1.29 is 0 Å². The van der Waals surface area contributed by atoms with Gasteiger partial charge < -0.3 is 10.6 Å². The molecule has 2 heteroatoms. The molecule has 1 heterocycles. The summed E-state index contributed by atoms with van der Waals surface area (Å²) in [5.41, 5.74) is 10.8. The minimum Gasteiger partial charge on any atom is -0.323 e. The lowest BCUT2D eigenvalue weighted by molar-refractivity contribution is 0.276. The van der Waals surface area contributed by atoms with Crippen molar-refractivity contribution in [2.75, 3.05) is 19.6 Å². The third kappa shape index (κ3) is 3.12. The van der Waals surface area contributed by atoms with Crippen molar-refractivity contribution in [3.63, 3.8) is 0 Å². The van der Waals surface area contributed by atoms with E-state index in [0.717, 1.165) is 6.54 Å². The summed E-state index contributed by atoms with van der Waals surface area (Å²) in [6.07, 6.45) is 1.28. The van der Waals surface area contributed by atoms with E-state index in [1.807, 2.05) is 0 Å². The summed E-state index contributed by atoms with van der Waals surface area (Å²) < 4.78 is 0. The highest BCUT2D eigenvalue weighted by atomic mass is 15.2. The molecule has 0 radical (unpaired) electrons. The SMILES string of the molecule is Cc1ccc(C(N)CN2CCC(C)(C)C2)c(C)c1. The molecular weight excluding hydrogens is 220 g/mol. The van der Waals surface area contributed by atoms with Gasteiger partial charge in [-0.05, 0) is 43.4 Å². The number of likely N-dealkylation sites (tertiary alicyclic amines) is 1. The van der Waals surface area contributed by atoms with Gasteiger partial charge in [0.2, 0.25) is 0 Å². The zero-order valence-electron chi connectivity index (χ0n) is 12.2. The average Bonchev–Trinajstić information content (AvgIpc) is 2.57. The van der Waals surface area contributed by atoms with Gasteiger partial charge in [0.1, 0.15) is 0 Å². The molecule has 1 unspecified atom stereocenters. The molecule has 1 saturated heterocycles. The lowest BCUT2D eigenvalue weighted by atomic mass is 9.93. The Morgan fingerprint density at radius 1 is 1.33 bits per heavy atom. The van der Waals surface area contributed by atoms with Crippen molar-refractivity contribution >= 4 is 0 Å². The number of aryl methyl sites for hydroxylation is 2. The third-order valence-corrected chi connectivity index (χ3v) is 4.04. The smallest absolute Gasteiger partial charge is 0.0426 e. The highest BCUT2D eigenvalue weighted by molar-refractivity contribution is 5.32. The Hall–Kier alpha value is -0.860. The van der Waals surface area contributed by atoms with Gasteiger partial charge in [0, 0.05) is 19.1 Å². The van der Waals surface area contributed by atoms with Crippen LogP contribution in [0.1, 0.15) is 43.0 Å². The van der Waals surface area contributed by atoms with Crippen LogP contribution in [-0.2, 0) is 0 Å². The van der Waals surface area contributed by atoms with Gasteiger partial charge in [-0.25, -0.2) is 0 Å². The highest BCUT2D eigenvalue weighted by Gasteiger charge is 2.30. The molecule has 0 bridgehead atoms. The summed E-state index contributed by atoms with van der Waals surface area (Å²) in [4.78, 5) is 2.50. The summed E-state index contributed by atoms with van der Waals surface area (Å²) >= 11 is 0. The van der Waals surface area contributed by atoms with Crippen molar-refractivity contribution in [2.45, 2.75) is 40.2 Å². The zero-order valence-corrected chi connectivity index (χ0v) is 12.2. The van der Waals surface area contributed by atoms with Gasteiger partial charge in [-0.1, -0.05) is 37.6 Å². The van der Waals surface area contributed by atoms with E-state index in [-0.39, 0.29) is 6.04 Å². The average molecular weight is 246 g/mol. The van der Waals surface area contributed by atoms with E-state index in [4.69, 9.17) is 5.73 Å². The second-order valence-corrected chi connectivity index (χ2v) is 6.62. The van der Waals surface area contributed by atoms with Gasteiger partial charge in [-0.3, -0.25) is 0 Å². The largest absolute Gasteiger partial charge is 0.323 e. The molecule has 1 aliphatic heterocycles. The molecule has 1 aromatic rings. The molecular formula is C16H26N2. The van der Waals surface area contributed by atoms with Crippen molar-refractivity contribution in [1.29, 1.82) is 0 Å². The molecule has 100 valence electrons. The van der Waals surface area contributed by atoms with Gasteiger partial charge in [0.05, 0.1) is 0 Å². The van der Waals surface area contributed by atoms with Crippen molar-refractivity contribution in [1.82, 2.24) is 4.90 Å². The predicted molar refractivity (Wildman–Crippen MR) is 77.7 cm³/mol. The second kappa shape index (κ2) is 5.02. The summed E-state index contributed by atoms with van der Waals surface area (Å²) in [6.45, 7) is 12.3. The van der Waals surface area contributed by atoms with E-state index >= 15 is 0 Å². The summed E-state index contributed by atoms with van der Waals surface area (Å²) in [6, 6.07) is 6.72. The molecule has 1 fully saturated rings. The van der Waals surface area contributed by atoms with Crippen molar-refractivity contribution in [3.05, 3.63) is 34.9 Å². The molecule has 1 aromatic carbocycles. The van der Waals surface area contributed by atoms with E-state index in [9.17, 15) is 0 Å². The Kier molecular flexibility index (Phi) is 3.79. The first-order valence-corrected chi connectivity index (χ1v) is 6.92. The van der Waals surface area contributed by atoms with Crippen LogP contribution >= 0.6 is 0 Å². The maximum atomic E-state index is 6.37. The Bertz CT molecular complexity index is 423. The van der Waals surface area contributed by atoms with Crippen LogP contribution in [0.2, 0.25) is 0 Å². The molecule has 1 atom stereocenters. The van der Waals surface area contributed by atoms with Gasteiger partial charge in [0.25, 0.3) is 0 Å². The van der Waals surface area contributed by atoms with Gasteiger partial charge in [0.15, 0.2) is 0 Å². The molecule has 2 nitrogen and oxygen atoms in total. The van der Waals surface area contributed by atoms with Crippen LogP contribution in [0.25, 0.3) is 0 Å². The number of nitrogens with two attached hydrogens (primary N) is 1. The van der Waals surface area contributed by atoms with E-state index in [2.05, 4.69) is 50.8 Å². The summed E-state index contributed by atoms with van der Waals surface area (Å²) in [5, 5.41) is 0. The first-order chi connectivity index (χ1) is 8.37. The molecule has 1 aliphatic rings. The number of rotatable bonds is 3. The minimum atomic E-state index is 0.138. The van der Waals surface area contributed by atoms with Crippen LogP contribution in [0.4, 0.5) is 0 Å². The van der Waals surface area contributed by atoms with Crippen molar-refractivity contribution in [2.24, 2.45) is 11.1 Å². The number of nitrogens with zero attached hydrogens (tertiary/aromatic N) is 1. The third-order valence-electron chi connectivity index (χ3n) is 4.04. The minimum absolute atomic E-state index is 0.138. The monoisotopic (exact) mass is 246 g/mol. The second-order valence-electron chi connectivity index (χ2n) is 6.62. The fourth-order valence-corrected chi connectivity index (χ4v) is 3.00. The highest BCUT2D eigenvalue weighted by Crippen LogP contribution is 2.30. The molecule has 2 N–H and O–H groups in total. The number of hydrogen-bond acceptors (Lipinski definition) is 2. The van der Waals surface area contributed by atoms with E-state index in [1.165, 1.54) is 36.2 Å². The lowest BCUT2D eigenvalue weighted by Gasteiger charge is -2.24. The standard InChI is InChI=1S/C16H26N2/c1-12-5-6-14(13(2)9-12)15(17)10-18-8-7-16(3,4)11-18/h5-6,9,15H,7-8,10-11,17H2,1-4H3. The first-order valence-electron chi connectivity index (χ1n) is 6.92. The van der Waals surface area contributed by atoms with Crippen LogP contribution in [0.15, 0.2) is 18.2 Å². The Balaban J connectivity index is 2.02. The fourth-order valence-electron chi connectivity index (χ4n) is 3.00. The van der Waals surface area contributed by atoms with Gasteiger partial charge in [-0.15, -0.1) is 0 Å². The van der Waals surface area contributed by atoms with Gasteiger partial charge >= 0.3 is 0 Å². The van der Waals surface area contributed by atoms with Crippen LogP contribution in [0, 0.1) is 19.3 Å². The Morgan fingerprint density at radius 2 is 2.06 bits per heavy atom. The fraction of sp³-hybridized carbons (Fsp3) is 0.625. The van der Waals surface area contributed by atoms with Gasteiger partial charge in [-0.2, -0.15) is 0 Å². The van der Waals surface area contributed by atoms with Crippen LogP contribution in [-0.4, -0.2) is 24.5 Å².